The summed E-state index contributed by atoms with van der Waals surface area (Å²) in [7, 11) is 0. The molecule has 0 N–H and O–H groups in total. The Morgan fingerprint density at radius 3 is 2.93 bits per heavy atom. The molecule has 0 aliphatic carbocycles. The molecule has 0 spiro atoms. The van der Waals surface area contributed by atoms with Gasteiger partial charge in [0, 0.05) is 17.3 Å². The number of fused-ring (bicyclic) bond motifs is 1. The van der Waals surface area contributed by atoms with Crippen LogP contribution in [0.15, 0.2) is 24.4 Å². The molecular formula is C11H9ClFN. The normalized spacial score (nSPS) is 10.8. The molecule has 0 aliphatic heterocycles. The van der Waals surface area contributed by atoms with E-state index >= 15 is 0 Å². The lowest BCUT2D eigenvalue weighted by molar-refractivity contribution is 0.640. The fraction of sp³-hybridized carbons (Fsp3) is 0.182. The highest BCUT2D eigenvalue weighted by Crippen LogP contribution is 2.24. The van der Waals surface area contributed by atoms with E-state index < -0.39 is 0 Å². The second-order valence-corrected chi connectivity index (χ2v) is 3.52. The van der Waals surface area contributed by atoms with Crippen molar-refractivity contribution in [3.8, 4) is 0 Å². The van der Waals surface area contributed by atoms with E-state index in [1.165, 1.54) is 6.20 Å². The molecule has 0 amide bonds. The highest BCUT2D eigenvalue weighted by atomic mass is 35.5. The molecule has 14 heavy (non-hydrogen) atoms. The highest BCUT2D eigenvalue weighted by molar-refractivity contribution is 6.31. The van der Waals surface area contributed by atoms with E-state index in [4.69, 9.17) is 11.6 Å². The van der Waals surface area contributed by atoms with Gasteiger partial charge < -0.3 is 0 Å². The predicted octanol–water partition coefficient (Wildman–Crippen LogP) is 3.59. The van der Waals surface area contributed by atoms with Crippen molar-refractivity contribution in [2.45, 2.75) is 13.3 Å². The van der Waals surface area contributed by atoms with Crippen LogP contribution >= 0.6 is 11.6 Å². The van der Waals surface area contributed by atoms with Gasteiger partial charge in [0.1, 0.15) is 0 Å². The van der Waals surface area contributed by atoms with Crippen LogP contribution in [0.5, 0.6) is 0 Å². The topological polar surface area (TPSA) is 12.9 Å². The van der Waals surface area contributed by atoms with Gasteiger partial charge in [-0.15, -0.1) is 0 Å². The summed E-state index contributed by atoms with van der Waals surface area (Å²) in [6.07, 6.45) is 2.38. The van der Waals surface area contributed by atoms with Gasteiger partial charge in [0.05, 0.1) is 5.02 Å². The monoisotopic (exact) mass is 209 g/mol. The third-order valence-corrected chi connectivity index (χ3v) is 2.50. The van der Waals surface area contributed by atoms with Gasteiger partial charge >= 0.3 is 0 Å². The van der Waals surface area contributed by atoms with Gasteiger partial charge in [-0.3, -0.25) is 4.98 Å². The number of aryl methyl sites for hydroxylation is 1. The molecule has 1 aromatic carbocycles. The Balaban J connectivity index is 2.74. The maximum absolute atomic E-state index is 13.5. The van der Waals surface area contributed by atoms with Gasteiger partial charge in [0.2, 0.25) is 0 Å². The molecule has 3 heteroatoms. The fourth-order valence-electron chi connectivity index (χ4n) is 1.40. The Kier molecular flexibility index (Phi) is 2.38. The molecule has 0 bridgehead atoms. The van der Waals surface area contributed by atoms with Crippen LogP contribution in [-0.2, 0) is 6.42 Å². The Bertz CT molecular complexity index is 482. The van der Waals surface area contributed by atoms with Crippen LogP contribution in [0.4, 0.5) is 4.39 Å². The molecule has 72 valence electrons. The number of nitrogens with zero attached hydrogens (tertiary/aromatic N) is 1. The summed E-state index contributed by atoms with van der Waals surface area (Å²) >= 11 is 5.66. The minimum absolute atomic E-state index is 0.142. The Morgan fingerprint density at radius 1 is 1.43 bits per heavy atom. The lowest BCUT2D eigenvalue weighted by Gasteiger charge is -2.02. The van der Waals surface area contributed by atoms with Gasteiger partial charge in [0.15, 0.2) is 5.82 Å². The molecule has 0 fully saturated rings. The molecule has 0 aliphatic rings. The van der Waals surface area contributed by atoms with Crippen molar-refractivity contribution in [2.75, 3.05) is 0 Å². The molecule has 1 nitrogen and oxygen atoms in total. The molecule has 0 radical (unpaired) electrons. The lowest BCUT2D eigenvalue weighted by atomic mass is 10.1. The minimum atomic E-state index is -0.390. The van der Waals surface area contributed by atoms with Gasteiger partial charge in [-0.25, -0.2) is 4.39 Å². The highest BCUT2D eigenvalue weighted by Gasteiger charge is 2.05. The van der Waals surface area contributed by atoms with Crippen molar-refractivity contribution in [1.29, 1.82) is 0 Å². The third-order valence-electron chi connectivity index (χ3n) is 2.21. The van der Waals surface area contributed by atoms with Gasteiger partial charge in [0.25, 0.3) is 0 Å². The van der Waals surface area contributed by atoms with Crippen molar-refractivity contribution in [2.24, 2.45) is 0 Å². The van der Waals surface area contributed by atoms with Crippen molar-refractivity contribution in [3.05, 3.63) is 40.9 Å². The largest absolute Gasteiger partial charge is 0.261 e. The van der Waals surface area contributed by atoms with E-state index in [9.17, 15) is 4.39 Å². The number of hydrogen-bond acceptors (Lipinski definition) is 1. The molecular weight excluding hydrogens is 201 g/mol. The molecule has 2 aromatic rings. The summed E-state index contributed by atoms with van der Waals surface area (Å²) in [5.74, 6) is -0.390. The zero-order valence-electron chi connectivity index (χ0n) is 7.72. The number of aromatic nitrogens is 1. The first kappa shape index (κ1) is 9.41. The van der Waals surface area contributed by atoms with Crippen LogP contribution in [0.25, 0.3) is 10.8 Å². The molecule has 0 saturated carbocycles. The number of hydrogen-bond donors (Lipinski definition) is 0. The first-order chi connectivity index (χ1) is 6.72. The Morgan fingerprint density at radius 2 is 2.21 bits per heavy atom. The summed E-state index contributed by atoms with van der Waals surface area (Å²) in [5, 5.41) is 1.47. The van der Waals surface area contributed by atoms with E-state index in [2.05, 4.69) is 4.98 Å². The van der Waals surface area contributed by atoms with E-state index in [1.54, 1.807) is 6.07 Å². The number of benzene rings is 1. The SMILES string of the molecule is CCc1cc2ccc(Cl)c(F)c2cn1. The zero-order chi connectivity index (χ0) is 10.1. The Labute approximate surface area is 86.5 Å². The summed E-state index contributed by atoms with van der Waals surface area (Å²) in [6.45, 7) is 2.01. The molecule has 0 unspecified atom stereocenters. The Hall–Kier alpha value is -1.15. The second-order valence-electron chi connectivity index (χ2n) is 3.11. The number of pyridine rings is 1. The quantitative estimate of drug-likeness (QED) is 0.700. The van der Waals surface area contributed by atoms with Crippen LogP contribution in [0.2, 0.25) is 5.02 Å². The second kappa shape index (κ2) is 3.54. The molecule has 0 saturated heterocycles. The molecule has 2 rings (SSSR count). The average Bonchev–Trinajstić information content (AvgIpc) is 2.23. The van der Waals surface area contributed by atoms with Crippen LogP contribution < -0.4 is 0 Å². The van der Waals surface area contributed by atoms with E-state index in [-0.39, 0.29) is 10.8 Å². The molecule has 1 aromatic heterocycles. The standard InChI is InChI=1S/C11H9ClFN/c1-2-8-5-7-3-4-10(12)11(13)9(7)6-14-8/h3-6H,2H2,1H3. The maximum atomic E-state index is 13.5. The summed E-state index contributed by atoms with van der Waals surface area (Å²) in [4.78, 5) is 4.13. The average molecular weight is 210 g/mol. The van der Waals surface area contributed by atoms with Crippen LogP contribution in [0.3, 0.4) is 0 Å². The molecule has 0 atom stereocenters. The number of rotatable bonds is 1. The van der Waals surface area contributed by atoms with Crippen molar-refractivity contribution < 1.29 is 4.39 Å². The third kappa shape index (κ3) is 1.46. The lowest BCUT2D eigenvalue weighted by Crippen LogP contribution is -1.88. The van der Waals surface area contributed by atoms with Crippen LogP contribution in [-0.4, -0.2) is 4.98 Å². The van der Waals surface area contributed by atoms with Gasteiger partial charge in [-0.2, -0.15) is 0 Å². The van der Waals surface area contributed by atoms with Crippen molar-refractivity contribution >= 4 is 22.4 Å². The van der Waals surface area contributed by atoms with Crippen molar-refractivity contribution in [3.63, 3.8) is 0 Å². The molecule has 1 heterocycles. The zero-order valence-corrected chi connectivity index (χ0v) is 8.48. The van der Waals surface area contributed by atoms with Crippen LogP contribution in [0, 0.1) is 5.82 Å². The van der Waals surface area contributed by atoms with E-state index in [0.29, 0.717) is 5.39 Å². The smallest absolute Gasteiger partial charge is 0.151 e. The first-order valence-electron chi connectivity index (χ1n) is 4.45. The summed E-state index contributed by atoms with van der Waals surface area (Å²) in [5.41, 5.74) is 0.958. The van der Waals surface area contributed by atoms with Gasteiger partial charge in [-0.1, -0.05) is 24.6 Å². The van der Waals surface area contributed by atoms with E-state index in [0.717, 1.165) is 17.5 Å². The van der Waals surface area contributed by atoms with Gasteiger partial charge in [-0.05, 0) is 23.9 Å². The summed E-state index contributed by atoms with van der Waals surface area (Å²) < 4.78 is 13.5. The fourth-order valence-corrected chi connectivity index (χ4v) is 1.56. The van der Waals surface area contributed by atoms with E-state index in [1.807, 2.05) is 19.1 Å². The van der Waals surface area contributed by atoms with Crippen LogP contribution in [0.1, 0.15) is 12.6 Å². The van der Waals surface area contributed by atoms with Crippen molar-refractivity contribution in [1.82, 2.24) is 4.98 Å². The summed E-state index contributed by atoms with van der Waals surface area (Å²) in [6, 6.07) is 5.26. The first-order valence-corrected chi connectivity index (χ1v) is 4.83. The predicted molar refractivity (Wildman–Crippen MR) is 56.1 cm³/mol. The maximum Gasteiger partial charge on any atom is 0.151 e. The minimum Gasteiger partial charge on any atom is -0.261 e. The number of halogens is 2.